The highest BCUT2D eigenvalue weighted by molar-refractivity contribution is 7.28. The highest BCUT2D eigenvalue weighted by atomic mass is 32.1. The van der Waals surface area contributed by atoms with E-state index in [1.807, 2.05) is 14.1 Å². The minimum absolute atomic E-state index is 0.0680. The summed E-state index contributed by atoms with van der Waals surface area (Å²) >= 11 is 5.08. The number of benzene rings is 2. The quantitative estimate of drug-likeness (QED) is 0.154. The first kappa shape index (κ1) is 29.3. The fourth-order valence-corrected chi connectivity index (χ4v) is 9.58. The Kier molecular flexibility index (Phi) is 7.69. The number of aryl methyl sites for hydroxylation is 4. The van der Waals surface area contributed by atoms with Crippen LogP contribution in [0.15, 0.2) is 85.2 Å². The Hall–Kier alpha value is -4.44. The van der Waals surface area contributed by atoms with E-state index in [0.29, 0.717) is 12.8 Å². The molecule has 45 heavy (non-hydrogen) atoms. The number of carboxylic acid groups (broad SMARTS) is 2. The first-order valence-electron chi connectivity index (χ1n) is 14.6. The molecule has 0 spiro atoms. The average molecular weight is 651 g/mol. The molecule has 0 aliphatic rings. The van der Waals surface area contributed by atoms with Gasteiger partial charge < -0.3 is 19.3 Å². The Balaban J connectivity index is 1.27. The van der Waals surface area contributed by atoms with Crippen LogP contribution in [0.1, 0.15) is 24.0 Å². The predicted octanol–water partition coefficient (Wildman–Crippen LogP) is 9.56. The molecule has 0 fully saturated rings. The summed E-state index contributed by atoms with van der Waals surface area (Å²) in [7, 11) is 4.07. The Morgan fingerprint density at radius 1 is 0.578 bits per heavy atom. The van der Waals surface area contributed by atoms with E-state index in [4.69, 9.17) is 0 Å². The molecule has 0 atom stereocenters. The van der Waals surface area contributed by atoms with Crippen LogP contribution in [0, 0.1) is 0 Å². The van der Waals surface area contributed by atoms with Crippen LogP contribution in [0.4, 0.5) is 0 Å². The van der Waals surface area contributed by atoms with E-state index in [9.17, 15) is 19.8 Å². The molecule has 0 radical (unpaired) electrons. The number of nitrogens with zero attached hydrogens (tertiary/aromatic N) is 2. The summed E-state index contributed by atoms with van der Waals surface area (Å²) in [5.41, 5.74) is 6.64. The summed E-state index contributed by atoms with van der Waals surface area (Å²) in [6.07, 6.45) is 5.16. The molecule has 2 aromatic carbocycles. The fourth-order valence-electron chi connectivity index (χ4n) is 5.87. The SMILES string of the molecule is Cn1ccc2cc(-c3cc(CCC(=O)O)c(-c4ccc(-c5sc(-c6ccc7c(ccn7C)c6)cc5CCC(=O)O)s4)s3)ccc21. The summed E-state index contributed by atoms with van der Waals surface area (Å²) in [4.78, 5) is 29.7. The van der Waals surface area contributed by atoms with Gasteiger partial charge in [0.1, 0.15) is 0 Å². The highest BCUT2D eigenvalue weighted by Gasteiger charge is 2.20. The van der Waals surface area contributed by atoms with Gasteiger partial charge in [0.15, 0.2) is 0 Å². The molecule has 5 aromatic heterocycles. The molecule has 0 aliphatic heterocycles. The van der Waals surface area contributed by atoms with E-state index in [2.05, 4.69) is 94.3 Å². The highest BCUT2D eigenvalue weighted by Crippen LogP contribution is 2.47. The average Bonchev–Trinajstić information content (AvgIpc) is 3.85. The lowest BCUT2D eigenvalue weighted by Gasteiger charge is -2.01. The van der Waals surface area contributed by atoms with Gasteiger partial charge in [-0.05, 0) is 95.8 Å². The Morgan fingerprint density at radius 3 is 1.44 bits per heavy atom. The van der Waals surface area contributed by atoms with E-state index in [1.54, 1.807) is 34.0 Å². The van der Waals surface area contributed by atoms with Crippen molar-refractivity contribution in [3.05, 3.63) is 96.3 Å². The van der Waals surface area contributed by atoms with Gasteiger partial charge in [0.25, 0.3) is 0 Å². The van der Waals surface area contributed by atoms with Crippen molar-refractivity contribution in [3.8, 4) is 40.4 Å². The monoisotopic (exact) mass is 650 g/mol. The molecule has 2 N–H and O–H groups in total. The summed E-state index contributed by atoms with van der Waals surface area (Å²) in [6.45, 7) is 0. The van der Waals surface area contributed by atoms with Crippen molar-refractivity contribution in [2.45, 2.75) is 25.7 Å². The van der Waals surface area contributed by atoms with E-state index in [0.717, 1.165) is 51.5 Å². The normalized spacial score (nSPS) is 11.6. The molecule has 7 rings (SSSR count). The van der Waals surface area contributed by atoms with Crippen LogP contribution in [0.3, 0.4) is 0 Å². The summed E-state index contributed by atoms with van der Waals surface area (Å²) in [5, 5.41) is 21.3. The van der Waals surface area contributed by atoms with E-state index in [-0.39, 0.29) is 12.8 Å². The predicted molar refractivity (Wildman–Crippen MR) is 187 cm³/mol. The maximum absolute atomic E-state index is 11.5. The molecule has 0 bridgehead atoms. The molecular weight excluding hydrogens is 621 g/mol. The molecule has 9 heteroatoms. The van der Waals surface area contributed by atoms with Crippen molar-refractivity contribution in [1.82, 2.24) is 9.13 Å². The third-order valence-corrected chi connectivity index (χ3v) is 12.1. The topological polar surface area (TPSA) is 84.5 Å². The van der Waals surface area contributed by atoms with Gasteiger partial charge in [-0.15, -0.1) is 34.0 Å². The summed E-state index contributed by atoms with van der Waals surface area (Å²) in [6, 6.07) is 25.7. The van der Waals surface area contributed by atoms with Gasteiger partial charge in [0, 0.05) is 90.4 Å². The first-order valence-corrected chi connectivity index (χ1v) is 17.1. The van der Waals surface area contributed by atoms with Crippen molar-refractivity contribution >= 4 is 67.8 Å². The fraction of sp³-hybridized carbons (Fsp3) is 0.167. The third-order valence-electron chi connectivity index (χ3n) is 8.23. The zero-order valence-electron chi connectivity index (χ0n) is 24.7. The van der Waals surface area contributed by atoms with Gasteiger partial charge in [-0.1, -0.05) is 12.1 Å². The standard InChI is InChI=1S/C36H30N2O4S3/c1-37-15-13-21-17-23(3-7-27(21)37)31-19-25(5-11-33(39)40)35(44-31)29-9-10-30(43-29)36-26(6-12-34(41)42)20-32(45-36)24-4-8-28-22(18-24)14-16-38(28)2/h3-4,7-10,13-20H,5-6,11-12H2,1-2H3,(H,39,40)(H,41,42). The van der Waals surface area contributed by atoms with Gasteiger partial charge in [0.05, 0.1) is 0 Å². The first-order chi connectivity index (χ1) is 21.7. The summed E-state index contributed by atoms with van der Waals surface area (Å²) < 4.78 is 4.20. The lowest BCUT2D eigenvalue weighted by molar-refractivity contribution is -0.138. The van der Waals surface area contributed by atoms with Gasteiger partial charge in [-0.25, -0.2) is 0 Å². The molecule has 0 unspecified atom stereocenters. The number of fused-ring (bicyclic) bond motifs is 2. The molecular formula is C36H30N2O4S3. The number of carboxylic acids is 2. The van der Waals surface area contributed by atoms with E-state index in [1.165, 1.54) is 21.8 Å². The molecule has 7 aromatic rings. The second kappa shape index (κ2) is 11.8. The van der Waals surface area contributed by atoms with Crippen LogP contribution < -0.4 is 0 Å². The zero-order valence-corrected chi connectivity index (χ0v) is 27.2. The van der Waals surface area contributed by atoms with Gasteiger partial charge in [-0.2, -0.15) is 0 Å². The Morgan fingerprint density at radius 2 is 1.02 bits per heavy atom. The number of aliphatic carboxylic acids is 2. The van der Waals surface area contributed by atoms with Crippen molar-refractivity contribution < 1.29 is 19.8 Å². The van der Waals surface area contributed by atoms with Crippen LogP contribution in [0.2, 0.25) is 0 Å². The van der Waals surface area contributed by atoms with Crippen molar-refractivity contribution in [2.24, 2.45) is 14.1 Å². The number of aromatic nitrogens is 2. The van der Waals surface area contributed by atoms with Crippen molar-refractivity contribution in [3.63, 3.8) is 0 Å². The lowest BCUT2D eigenvalue weighted by atomic mass is 10.1. The maximum Gasteiger partial charge on any atom is 0.303 e. The number of rotatable bonds is 10. The van der Waals surface area contributed by atoms with E-state index < -0.39 is 11.9 Å². The number of carbonyl (C=O) groups is 2. The Labute approximate surface area is 272 Å². The third kappa shape index (κ3) is 5.75. The van der Waals surface area contributed by atoms with Crippen molar-refractivity contribution in [2.75, 3.05) is 0 Å². The van der Waals surface area contributed by atoms with Crippen LogP contribution in [0.25, 0.3) is 62.2 Å². The molecule has 0 amide bonds. The maximum atomic E-state index is 11.5. The van der Waals surface area contributed by atoms with E-state index >= 15 is 0 Å². The Bertz CT molecular complexity index is 2070. The minimum Gasteiger partial charge on any atom is -0.481 e. The number of hydrogen-bond acceptors (Lipinski definition) is 5. The number of thiophene rings is 3. The summed E-state index contributed by atoms with van der Waals surface area (Å²) in [5.74, 6) is -1.62. The van der Waals surface area contributed by atoms with Crippen LogP contribution >= 0.6 is 34.0 Å². The second-order valence-electron chi connectivity index (χ2n) is 11.3. The van der Waals surface area contributed by atoms with Crippen LogP contribution in [-0.4, -0.2) is 31.3 Å². The van der Waals surface area contributed by atoms with Gasteiger partial charge in [0.2, 0.25) is 0 Å². The lowest BCUT2D eigenvalue weighted by Crippen LogP contribution is -1.97. The molecule has 0 aliphatic carbocycles. The second-order valence-corrected chi connectivity index (χ2v) is 14.5. The smallest absolute Gasteiger partial charge is 0.303 e. The van der Waals surface area contributed by atoms with Gasteiger partial charge in [-0.3, -0.25) is 9.59 Å². The van der Waals surface area contributed by atoms with Crippen molar-refractivity contribution in [1.29, 1.82) is 0 Å². The molecule has 0 saturated heterocycles. The molecule has 0 saturated carbocycles. The number of hydrogen-bond donors (Lipinski definition) is 2. The molecule has 5 heterocycles. The molecule has 6 nitrogen and oxygen atoms in total. The minimum atomic E-state index is -0.811. The largest absolute Gasteiger partial charge is 0.481 e. The molecule has 226 valence electrons. The van der Waals surface area contributed by atoms with Crippen LogP contribution in [0.5, 0.6) is 0 Å². The van der Waals surface area contributed by atoms with Crippen LogP contribution in [-0.2, 0) is 36.5 Å². The zero-order chi connectivity index (χ0) is 31.2. The van der Waals surface area contributed by atoms with Gasteiger partial charge >= 0.3 is 11.9 Å².